The van der Waals surface area contributed by atoms with Gasteiger partial charge in [-0.15, -0.1) is 0 Å². The lowest BCUT2D eigenvalue weighted by molar-refractivity contribution is 0.0954. The highest BCUT2D eigenvalue weighted by Crippen LogP contribution is 2.30. The highest BCUT2D eigenvalue weighted by molar-refractivity contribution is 7.89. The highest BCUT2D eigenvalue weighted by Gasteiger charge is 2.10. The van der Waals surface area contributed by atoms with Crippen molar-refractivity contribution < 1.29 is 17.9 Å². The molecule has 0 aliphatic carbocycles. The first kappa shape index (κ1) is 24.8. The van der Waals surface area contributed by atoms with Crippen molar-refractivity contribution in [2.24, 2.45) is 10.2 Å². The smallest absolute Gasteiger partial charge is 0.271 e. The normalized spacial score (nSPS) is 11.7. The highest BCUT2D eigenvalue weighted by atomic mass is 32.2. The van der Waals surface area contributed by atoms with E-state index in [0.29, 0.717) is 23.4 Å². The van der Waals surface area contributed by atoms with E-state index in [2.05, 4.69) is 10.5 Å². The molecule has 0 unspecified atom stereocenters. The minimum atomic E-state index is -3.76. The molecule has 0 saturated heterocycles. The third kappa shape index (κ3) is 6.24. The molecule has 0 heterocycles. The number of rotatable bonds is 8. The summed E-state index contributed by atoms with van der Waals surface area (Å²) in [7, 11) is -3.76. The average Bonchev–Trinajstić information content (AvgIpc) is 2.91. The molecule has 4 aromatic carbocycles. The number of carbonyl (C=O) groups excluding carboxylic acids is 1. The lowest BCUT2D eigenvalue weighted by Crippen LogP contribution is -2.19. The summed E-state index contributed by atoms with van der Waals surface area (Å²) in [5.41, 5.74) is 7.16. The number of nitrogens with two attached hydrogens (primary N) is 1. The second kappa shape index (κ2) is 11.0. The third-order valence-electron chi connectivity index (χ3n) is 5.51. The zero-order valence-electron chi connectivity index (χ0n) is 19.6. The van der Waals surface area contributed by atoms with E-state index in [0.717, 1.165) is 22.4 Å². The number of primary sulfonamides is 1. The van der Waals surface area contributed by atoms with Gasteiger partial charge in [-0.3, -0.25) is 4.79 Å². The average molecular weight is 500 g/mol. The van der Waals surface area contributed by atoms with Crippen molar-refractivity contribution in [1.29, 1.82) is 0 Å². The van der Waals surface area contributed by atoms with Crippen LogP contribution in [0.4, 0.5) is 0 Å². The molecule has 0 atom stereocenters. The van der Waals surface area contributed by atoms with Gasteiger partial charge in [-0.1, -0.05) is 72.8 Å². The Bertz CT molecular complexity index is 1480. The monoisotopic (exact) mass is 499 g/mol. The van der Waals surface area contributed by atoms with Gasteiger partial charge >= 0.3 is 0 Å². The fraction of sp³-hybridized carbons (Fsp3) is 0.0714. The van der Waals surface area contributed by atoms with Crippen LogP contribution in [0, 0.1) is 0 Å². The van der Waals surface area contributed by atoms with E-state index >= 15 is 0 Å². The maximum absolute atomic E-state index is 12.5. The molecule has 0 bridgehead atoms. The predicted molar refractivity (Wildman–Crippen MR) is 140 cm³/mol. The van der Waals surface area contributed by atoms with Crippen molar-refractivity contribution in [2.45, 2.75) is 18.4 Å². The molecule has 0 radical (unpaired) electrons. The fourth-order valence-corrected chi connectivity index (χ4v) is 4.03. The summed E-state index contributed by atoms with van der Waals surface area (Å²) in [6, 6.07) is 31.0. The Hall–Kier alpha value is -4.27. The SMILES string of the molecule is C/C(=N\NC(=O)c1ccc(COc2ccccc2-c2ccccc2)cc1)c1ccc(S(N)(=O)=O)cc1. The zero-order valence-corrected chi connectivity index (χ0v) is 20.4. The van der Waals surface area contributed by atoms with Gasteiger partial charge in [0, 0.05) is 11.1 Å². The summed E-state index contributed by atoms with van der Waals surface area (Å²) in [4.78, 5) is 12.5. The Kier molecular flexibility index (Phi) is 7.58. The number of benzene rings is 4. The number of para-hydroxylation sites is 1. The number of nitrogens with one attached hydrogen (secondary N) is 1. The first-order valence-electron chi connectivity index (χ1n) is 11.2. The van der Waals surface area contributed by atoms with Crippen LogP contribution in [0.25, 0.3) is 11.1 Å². The Labute approximate surface area is 210 Å². The third-order valence-corrected chi connectivity index (χ3v) is 6.44. The molecule has 8 heteroatoms. The van der Waals surface area contributed by atoms with Gasteiger partial charge in [0.1, 0.15) is 12.4 Å². The maximum atomic E-state index is 12.5. The van der Waals surface area contributed by atoms with E-state index < -0.39 is 10.0 Å². The van der Waals surface area contributed by atoms with Crippen LogP contribution in [0.3, 0.4) is 0 Å². The Balaban J connectivity index is 1.37. The zero-order chi connectivity index (χ0) is 25.5. The molecule has 0 fully saturated rings. The van der Waals surface area contributed by atoms with Gasteiger partial charge in [0.25, 0.3) is 5.91 Å². The Morgan fingerprint density at radius 1 is 0.833 bits per heavy atom. The molecule has 182 valence electrons. The minimum Gasteiger partial charge on any atom is -0.488 e. The van der Waals surface area contributed by atoms with E-state index in [1.807, 2.05) is 66.7 Å². The quantitative estimate of drug-likeness (QED) is 0.270. The summed E-state index contributed by atoms with van der Waals surface area (Å²) in [5.74, 6) is 0.421. The molecule has 4 aromatic rings. The van der Waals surface area contributed by atoms with Crippen molar-refractivity contribution in [2.75, 3.05) is 0 Å². The molecule has 3 N–H and O–H groups in total. The van der Waals surface area contributed by atoms with Crippen LogP contribution in [0.5, 0.6) is 5.75 Å². The van der Waals surface area contributed by atoms with Crippen LogP contribution < -0.4 is 15.3 Å². The largest absolute Gasteiger partial charge is 0.488 e. The molecule has 7 nitrogen and oxygen atoms in total. The number of hydrogen-bond acceptors (Lipinski definition) is 5. The van der Waals surface area contributed by atoms with E-state index in [4.69, 9.17) is 9.88 Å². The topological polar surface area (TPSA) is 111 Å². The number of ether oxygens (including phenoxy) is 1. The van der Waals surface area contributed by atoms with Crippen molar-refractivity contribution in [3.63, 3.8) is 0 Å². The van der Waals surface area contributed by atoms with Crippen LogP contribution in [0.2, 0.25) is 0 Å². The number of hydrogen-bond donors (Lipinski definition) is 2. The fourth-order valence-electron chi connectivity index (χ4n) is 3.51. The molecular formula is C28H25N3O4S. The maximum Gasteiger partial charge on any atom is 0.271 e. The first-order valence-corrected chi connectivity index (χ1v) is 12.7. The number of amides is 1. The van der Waals surface area contributed by atoms with Crippen LogP contribution in [-0.2, 0) is 16.6 Å². The van der Waals surface area contributed by atoms with Crippen molar-refractivity contribution >= 4 is 21.6 Å². The molecule has 0 aliphatic rings. The molecule has 0 aliphatic heterocycles. The van der Waals surface area contributed by atoms with Gasteiger partial charge in [-0.05, 0) is 53.9 Å². The molecule has 0 aromatic heterocycles. The molecular weight excluding hydrogens is 474 g/mol. The van der Waals surface area contributed by atoms with Gasteiger partial charge in [0.05, 0.1) is 10.6 Å². The second-order valence-electron chi connectivity index (χ2n) is 8.06. The molecule has 1 amide bonds. The number of hydrazone groups is 1. The van der Waals surface area contributed by atoms with Gasteiger partial charge in [0.15, 0.2) is 0 Å². The van der Waals surface area contributed by atoms with Crippen molar-refractivity contribution in [1.82, 2.24) is 5.43 Å². The second-order valence-corrected chi connectivity index (χ2v) is 9.62. The van der Waals surface area contributed by atoms with E-state index in [1.54, 1.807) is 31.2 Å². The van der Waals surface area contributed by atoms with Gasteiger partial charge in [-0.25, -0.2) is 19.0 Å². The van der Waals surface area contributed by atoms with Crippen LogP contribution in [0.1, 0.15) is 28.4 Å². The van der Waals surface area contributed by atoms with E-state index in [-0.39, 0.29) is 10.8 Å². The number of sulfonamides is 1. The molecule has 36 heavy (non-hydrogen) atoms. The van der Waals surface area contributed by atoms with Crippen LogP contribution in [-0.4, -0.2) is 20.0 Å². The molecule has 4 rings (SSSR count). The lowest BCUT2D eigenvalue weighted by atomic mass is 10.0. The first-order chi connectivity index (χ1) is 17.3. The molecule has 0 saturated carbocycles. The van der Waals surface area contributed by atoms with Gasteiger partial charge in [0.2, 0.25) is 10.0 Å². The van der Waals surface area contributed by atoms with Crippen LogP contribution in [0.15, 0.2) is 113 Å². The molecule has 0 spiro atoms. The number of carbonyl (C=O) groups is 1. The van der Waals surface area contributed by atoms with Crippen molar-refractivity contribution in [3.8, 4) is 16.9 Å². The summed E-state index contributed by atoms with van der Waals surface area (Å²) in [6.45, 7) is 2.07. The summed E-state index contributed by atoms with van der Waals surface area (Å²) < 4.78 is 28.8. The van der Waals surface area contributed by atoms with Crippen molar-refractivity contribution in [3.05, 3.63) is 120 Å². The number of nitrogens with zero attached hydrogens (tertiary/aromatic N) is 1. The van der Waals surface area contributed by atoms with E-state index in [1.165, 1.54) is 12.1 Å². The lowest BCUT2D eigenvalue weighted by Gasteiger charge is -2.12. The van der Waals surface area contributed by atoms with Gasteiger partial charge in [-0.2, -0.15) is 5.10 Å². The minimum absolute atomic E-state index is 0.00992. The van der Waals surface area contributed by atoms with Crippen LogP contribution >= 0.6 is 0 Å². The summed E-state index contributed by atoms with van der Waals surface area (Å²) in [6.07, 6.45) is 0. The van der Waals surface area contributed by atoms with Gasteiger partial charge < -0.3 is 4.74 Å². The Morgan fingerprint density at radius 3 is 2.11 bits per heavy atom. The predicted octanol–water partition coefficient (Wildman–Crippen LogP) is 4.73. The van der Waals surface area contributed by atoms with E-state index in [9.17, 15) is 13.2 Å². The Morgan fingerprint density at radius 2 is 1.44 bits per heavy atom. The summed E-state index contributed by atoms with van der Waals surface area (Å²) >= 11 is 0. The standard InChI is InChI=1S/C28H25N3O4S/c1-20(22-15-17-25(18-16-22)36(29,33)34)30-31-28(32)24-13-11-21(12-14-24)19-35-27-10-6-5-9-26(27)23-7-3-2-4-8-23/h2-18H,19H2,1H3,(H,31,32)(H2,29,33,34)/b30-20+. The summed E-state index contributed by atoms with van der Waals surface area (Å²) in [5, 5.41) is 9.22.